The molecule has 7 aromatic carbocycles. The van der Waals surface area contributed by atoms with Gasteiger partial charge >= 0.3 is 0 Å². The fourth-order valence-corrected chi connectivity index (χ4v) is 9.27. The second-order valence-corrected chi connectivity index (χ2v) is 16.8. The molecule has 3 heterocycles. The van der Waals surface area contributed by atoms with Crippen molar-refractivity contribution < 1.29 is 0 Å². The number of rotatable bonds is 4. The van der Waals surface area contributed by atoms with Gasteiger partial charge in [-0.2, -0.15) is 9.97 Å². The second kappa shape index (κ2) is 12.0. The third kappa shape index (κ3) is 4.97. The normalized spacial score (nSPS) is 14.9. The van der Waals surface area contributed by atoms with E-state index in [1.54, 1.807) is 0 Å². The zero-order chi connectivity index (χ0) is 37.8. The summed E-state index contributed by atoms with van der Waals surface area (Å²) in [5, 5.41) is 7.10. The van der Waals surface area contributed by atoms with E-state index < -0.39 is 0 Å². The number of hydrogen-bond donors (Lipinski definition) is 0. The van der Waals surface area contributed by atoms with Crippen LogP contribution in [0.1, 0.15) is 51.7 Å². The standard InChI is InChI=1S/C51H41N5/c1-50(2)25-26-51(3,4)42-29-36(23-24-41(42)50)55-43-22-14-13-21-37(43)39-30-46-40(31-45(39)55)38-27-34-19-11-12-20-35(34)28-44(38)56(46)49-53-47(32-15-7-5-8-16-32)52-48(54-49)33-17-9-6-10-18-33/h5-24,27-31H,25-26H2,1-4H3. The first-order chi connectivity index (χ1) is 27.2. The molecule has 56 heavy (non-hydrogen) atoms. The molecule has 0 saturated heterocycles. The lowest BCUT2D eigenvalue weighted by Crippen LogP contribution is -2.33. The van der Waals surface area contributed by atoms with Crippen molar-refractivity contribution in [1.82, 2.24) is 24.1 Å². The van der Waals surface area contributed by atoms with Crippen LogP contribution < -0.4 is 0 Å². The summed E-state index contributed by atoms with van der Waals surface area (Å²) in [6.07, 6.45) is 2.37. The van der Waals surface area contributed by atoms with Crippen LogP contribution in [-0.2, 0) is 10.8 Å². The van der Waals surface area contributed by atoms with Crippen molar-refractivity contribution in [2.75, 3.05) is 0 Å². The topological polar surface area (TPSA) is 48.5 Å². The Morgan fingerprint density at radius 3 is 1.61 bits per heavy atom. The highest BCUT2D eigenvalue weighted by Gasteiger charge is 2.37. The molecule has 0 saturated carbocycles. The van der Waals surface area contributed by atoms with Gasteiger partial charge in [-0.3, -0.25) is 4.57 Å². The molecule has 0 bridgehead atoms. The first-order valence-corrected chi connectivity index (χ1v) is 19.7. The Morgan fingerprint density at radius 1 is 0.411 bits per heavy atom. The molecule has 0 radical (unpaired) electrons. The van der Waals surface area contributed by atoms with Crippen molar-refractivity contribution in [3.63, 3.8) is 0 Å². The first-order valence-electron chi connectivity index (χ1n) is 19.7. The molecule has 0 unspecified atom stereocenters. The Hall–Kier alpha value is -6.59. The van der Waals surface area contributed by atoms with Crippen LogP contribution in [0.3, 0.4) is 0 Å². The summed E-state index contributed by atoms with van der Waals surface area (Å²) in [4.78, 5) is 15.5. The molecule has 5 heteroatoms. The predicted octanol–water partition coefficient (Wildman–Crippen LogP) is 12.9. The number of hydrogen-bond acceptors (Lipinski definition) is 3. The van der Waals surface area contributed by atoms with E-state index in [9.17, 15) is 0 Å². The van der Waals surface area contributed by atoms with Gasteiger partial charge < -0.3 is 4.57 Å². The highest BCUT2D eigenvalue weighted by atomic mass is 15.2. The van der Waals surface area contributed by atoms with Crippen LogP contribution in [-0.4, -0.2) is 24.1 Å². The van der Waals surface area contributed by atoms with Crippen molar-refractivity contribution in [3.8, 4) is 34.4 Å². The molecule has 10 aromatic rings. The Morgan fingerprint density at radius 2 is 0.929 bits per heavy atom. The van der Waals surface area contributed by atoms with Gasteiger partial charge in [0.1, 0.15) is 0 Å². The van der Waals surface area contributed by atoms with Crippen LogP contribution in [0, 0.1) is 0 Å². The minimum absolute atomic E-state index is 0.100. The molecule has 0 N–H and O–H groups in total. The van der Waals surface area contributed by atoms with Crippen molar-refractivity contribution in [2.45, 2.75) is 51.4 Å². The molecule has 5 nitrogen and oxygen atoms in total. The van der Waals surface area contributed by atoms with E-state index in [0.717, 1.165) is 32.9 Å². The molecule has 0 amide bonds. The minimum Gasteiger partial charge on any atom is -0.309 e. The number of para-hydroxylation sites is 1. The molecule has 11 rings (SSSR count). The summed E-state index contributed by atoms with van der Waals surface area (Å²) < 4.78 is 4.74. The highest BCUT2D eigenvalue weighted by Crippen LogP contribution is 2.47. The van der Waals surface area contributed by atoms with Gasteiger partial charge in [-0.1, -0.05) is 137 Å². The molecule has 0 spiro atoms. The van der Waals surface area contributed by atoms with Crippen LogP contribution >= 0.6 is 0 Å². The molecule has 1 aliphatic rings. The van der Waals surface area contributed by atoms with Crippen molar-refractivity contribution >= 4 is 54.4 Å². The SMILES string of the molecule is CC1(C)CCC(C)(C)c2cc(-n3c4ccccc4c4cc5c(cc43)c3cc4ccccc4cc3n5-c3nc(-c4ccccc4)nc(-c4ccccc4)n3)ccc21. The van der Waals surface area contributed by atoms with Gasteiger partial charge in [0.15, 0.2) is 11.6 Å². The summed E-state index contributed by atoms with van der Waals surface area (Å²) in [6, 6.07) is 54.5. The molecule has 0 fully saturated rings. The predicted molar refractivity (Wildman–Crippen MR) is 232 cm³/mol. The molecular formula is C51H41N5. The van der Waals surface area contributed by atoms with Gasteiger partial charge in [0.25, 0.3) is 0 Å². The van der Waals surface area contributed by atoms with Crippen LogP contribution in [0.15, 0.2) is 152 Å². The zero-order valence-corrected chi connectivity index (χ0v) is 32.1. The van der Waals surface area contributed by atoms with Crippen LogP contribution in [0.2, 0.25) is 0 Å². The van der Waals surface area contributed by atoms with E-state index in [1.807, 2.05) is 36.4 Å². The summed E-state index contributed by atoms with van der Waals surface area (Å²) in [6.45, 7) is 9.62. The third-order valence-electron chi connectivity index (χ3n) is 12.4. The lowest BCUT2D eigenvalue weighted by molar-refractivity contribution is 0.332. The molecule has 1 aliphatic carbocycles. The maximum absolute atomic E-state index is 5.25. The monoisotopic (exact) mass is 723 g/mol. The van der Waals surface area contributed by atoms with E-state index in [2.05, 4.69) is 152 Å². The summed E-state index contributed by atoms with van der Waals surface area (Å²) >= 11 is 0. The number of benzene rings is 7. The average Bonchev–Trinajstić information content (AvgIpc) is 3.72. The number of fused-ring (bicyclic) bond motifs is 8. The van der Waals surface area contributed by atoms with Crippen molar-refractivity contribution in [1.29, 1.82) is 0 Å². The Labute approximate surface area is 325 Å². The van der Waals surface area contributed by atoms with Gasteiger partial charge in [-0.25, -0.2) is 4.98 Å². The average molecular weight is 724 g/mol. The molecule has 270 valence electrons. The van der Waals surface area contributed by atoms with Gasteiger partial charge in [0, 0.05) is 38.4 Å². The van der Waals surface area contributed by atoms with Gasteiger partial charge in [0.05, 0.1) is 22.1 Å². The van der Waals surface area contributed by atoms with Gasteiger partial charge in [-0.05, 0) is 88.0 Å². The minimum atomic E-state index is 0.100. The number of nitrogens with zero attached hydrogens (tertiary/aromatic N) is 5. The van der Waals surface area contributed by atoms with Crippen molar-refractivity contribution in [3.05, 3.63) is 163 Å². The Kier molecular flexibility index (Phi) is 7.00. The van der Waals surface area contributed by atoms with E-state index in [4.69, 9.17) is 15.0 Å². The maximum Gasteiger partial charge on any atom is 0.238 e. The lowest BCUT2D eigenvalue weighted by atomic mass is 9.63. The Bertz CT molecular complexity index is 3130. The fourth-order valence-electron chi connectivity index (χ4n) is 9.27. The van der Waals surface area contributed by atoms with Crippen LogP contribution in [0.4, 0.5) is 0 Å². The molecule has 0 atom stereocenters. The van der Waals surface area contributed by atoms with Gasteiger partial charge in [-0.15, -0.1) is 0 Å². The van der Waals surface area contributed by atoms with Crippen LogP contribution in [0.25, 0.3) is 88.8 Å². The van der Waals surface area contributed by atoms with Crippen LogP contribution in [0.5, 0.6) is 0 Å². The highest BCUT2D eigenvalue weighted by molar-refractivity contribution is 6.20. The largest absolute Gasteiger partial charge is 0.309 e. The van der Waals surface area contributed by atoms with Gasteiger partial charge in [0.2, 0.25) is 5.95 Å². The second-order valence-electron chi connectivity index (χ2n) is 16.8. The molecule has 0 aliphatic heterocycles. The molecule has 3 aromatic heterocycles. The van der Waals surface area contributed by atoms with Crippen molar-refractivity contribution in [2.24, 2.45) is 0 Å². The summed E-state index contributed by atoms with van der Waals surface area (Å²) in [5.41, 5.74) is 10.8. The third-order valence-corrected chi connectivity index (χ3v) is 12.4. The fraction of sp³-hybridized carbons (Fsp3) is 0.157. The Balaban J connectivity index is 1.25. The van der Waals surface area contributed by atoms with E-state index in [-0.39, 0.29) is 10.8 Å². The van der Waals surface area contributed by atoms with E-state index in [1.165, 1.54) is 62.2 Å². The smallest absolute Gasteiger partial charge is 0.238 e. The summed E-state index contributed by atoms with van der Waals surface area (Å²) in [5.74, 6) is 1.87. The van der Waals surface area contributed by atoms with E-state index >= 15 is 0 Å². The quantitative estimate of drug-likeness (QED) is 0.182. The summed E-state index contributed by atoms with van der Waals surface area (Å²) in [7, 11) is 0. The lowest BCUT2D eigenvalue weighted by Gasteiger charge is -2.42. The van der Waals surface area contributed by atoms with E-state index in [0.29, 0.717) is 17.6 Å². The first kappa shape index (κ1) is 32.8. The number of aromatic nitrogens is 5. The molecular weight excluding hydrogens is 683 g/mol. The zero-order valence-electron chi connectivity index (χ0n) is 32.1. The maximum atomic E-state index is 5.25.